The molecule has 8 heteroatoms. The Morgan fingerprint density at radius 3 is 2.56 bits per heavy atom. The number of carboxylic acids is 1. The first kappa shape index (κ1) is 12.0. The molecule has 1 aromatic carbocycles. The third-order valence-electron chi connectivity index (χ3n) is 1.94. The Morgan fingerprint density at radius 2 is 1.89 bits per heavy atom. The molecular formula is C10H7N4O3S-. The van der Waals surface area contributed by atoms with Gasteiger partial charge in [0.25, 0.3) is 0 Å². The summed E-state index contributed by atoms with van der Waals surface area (Å²) >= 11 is 0.763. The molecule has 0 fully saturated rings. The van der Waals surface area contributed by atoms with E-state index in [1.165, 1.54) is 0 Å². The smallest absolute Gasteiger partial charge is 0.324 e. The van der Waals surface area contributed by atoms with Crippen molar-refractivity contribution >= 4 is 34.2 Å². The second kappa shape index (κ2) is 5.23. The molecule has 1 aromatic heterocycles. The fourth-order valence-electron chi connectivity index (χ4n) is 1.19. The number of aromatic carboxylic acids is 1. The molecule has 92 valence electrons. The van der Waals surface area contributed by atoms with Crippen LogP contribution in [-0.4, -0.2) is 21.6 Å². The number of para-hydroxylation sites is 1. The molecule has 0 atom stereocenters. The largest absolute Gasteiger partial charge is 0.543 e. The Kier molecular flexibility index (Phi) is 3.49. The number of anilines is 2. The van der Waals surface area contributed by atoms with Gasteiger partial charge in [0.1, 0.15) is 10.7 Å². The summed E-state index contributed by atoms with van der Waals surface area (Å²) in [5, 5.41) is 18.9. The highest BCUT2D eigenvalue weighted by Gasteiger charge is 2.11. The number of nitrogens with one attached hydrogen (secondary N) is 2. The molecule has 1 heterocycles. The zero-order chi connectivity index (χ0) is 13.0. The van der Waals surface area contributed by atoms with Crippen LogP contribution in [0.5, 0.6) is 0 Å². The number of nitrogens with zero attached hydrogens (tertiary/aromatic N) is 2. The second-order valence-corrected chi connectivity index (χ2v) is 3.94. The summed E-state index contributed by atoms with van der Waals surface area (Å²) in [6.45, 7) is 0. The van der Waals surface area contributed by atoms with Gasteiger partial charge < -0.3 is 15.2 Å². The maximum Gasteiger partial charge on any atom is 0.324 e. The molecule has 0 bridgehead atoms. The zero-order valence-electron chi connectivity index (χ0n) is 8.91. The SMILES string of the molecule is O=C(Nc1ccccc1)Nc1snnc1C(=O)[O-]. The first-order valence-electron chi connectivity index (χ1n) is 4.83. The van der Waals surface area contributed by atoms with Crippen molar-refractivity contribution in [2.45, 2.75) is 0 Å². The first-order chi connectivity index (χ1) is 8.66. The molecule has 0 radical (unpaired) electrons. The quantitative estimate of drug-likeness (QED) is 0.840. The van der Waals surface area contributed by atoms with E-state index in [2.05, 4.69) is 20.2 Å². The van der Waals surface area contributed by atoms with Gasteiger partial charge in [-0.05, 0) is 12.1 Å². The lowest BCUT2D eigenvalue weighted by atomic mass is 10.3. The van der Waals surface area contributed by atoms with Gasteiger partial charge in [-0.25, -0.2) is 4.79 Å². The van der Waals surface area contributed by atoms with E-state index in [9.17, 15) is 14.7 Å². The molecule has 0 aliphatic heterocycles. The van der Waals surface area contributed by atoms with E-state index in [1.807, 2.05) is 6.07 Å². The van der Waals surface area contributed by atoms with Crippen molar-refractivity contribution in [2.75, 3.05) is 10.6 Å². The summed E-state index contributed by atoms with van der Waals surface area (Å²) in [6.07, 6.45) is 0. The fourth-order valence-corrected chi connectivity index (χ4v) is 1.75. The number of amides is 2. The lowest BCUT2D eigenvalue weighted by Crippen LogP contribution is -2.26. The topological polar surface area (TPSA) is 107 Å². The van der Waals surface area contributed by atoms with Crippen LogP contribution in [0.3, 0.4) is 0 Å². The Hall–Kier alpha value is -2.48. The lowest BCUT2D eigenvalue weighted by Gasteiger charge is -2.06. The molecule has 2 aromatic rings. The summed E-state index contributed by atoms with van der Waals surface area (Å²) in [4.78, 5) is 22.2. The molecule has 0 aliphatic carbocycles. The monoisotopic (exact) mass is 263 g/mol. The van der Waals surface area contributed by atoms with E-state index >= 15 is 0 Å². The van der Waals surface area contributed by atoms with Crippen molar-refractivity contribution in [3.63, 3.8) is 0 Å². The van der Waals surface area contributed by atoms with Gasteiger partial charge in [0.2, 0.25) is 0 Å². The minimum Gasteiger partial charge on any atom is -0.543 e. The molecule has 2 N–H and O–H groups in total. The van der Waals surface area contributed by atoms with Crippen molar-refractivity contribution in [1.82, 2.24) is 9.59 Å². The third kappa shape index (κ3) is 2.80. The van der Waals surface area contributed by atoms with Gasteiger partial charge in [-0.1, -0.05) is 22.7 Å². The molecule has 7 nitrogen and oxygen atoms in total. The number of urea groups is 1. The van der Waals surface area contributed by atoms with Gasteiger partial charge >= 0.3 is 6.03 Å². The minimum absolute atomic E-state index is 0.0310. The van der Waals surface area contributed by atoms with Crippen LogP contribution in [0.1, 0.15) is 10.5 Å². The fraction of sp³-hybridized carbons (Fsp3) is 0. The number of carbonyl (C=O) groups excluding carboxylic acids is 2. The second-order valence-electron chi connectivity index (χ2n) is 3.18. The number of benzene rings is 1. The van der Waals surface area contributed by atoms with E-state index < -0.39 is 12.0 Å². The summed E-state index contributed by atoms with van der Waals surface area (Å²) in [7, 11) is 0. The average molecular weight is 263 g/mol. The molecule has 2 rings (SSSR count). The summed E-state index contributed by atoms with van der Waals surface area (Å²) in [6, 6.07) is 8.15. The summed E-state index contributed by atoms with van der Waals surface area (Å²) in [5.74, 6) is -1.49. The highest BCUT2D eigenvalue weighted by Crippen LogP contribution is 2.17. The molecule has 0 unspecified atom stereocenters. The van der Waals surface area contributed by atoms with Crippen molar-refractivity contribution in [3.8, 4) is 0 Å². The number of hydrogen-bond donors (Lipinski definition) is 2. The molecule has 18 heavy (non-hydrogen) atoms. The predicted molar refractivity (Wildman–Crippen MR) is 63.3 cm³/mol. The Morgan fingerprint density at radius 1 is 1.17 bits per heavy atom. The normalized spacial score (nSPS) is 9.78. The van der Waals surface area contributed by atoms with Gasteiger partial charge in [-0.2, -0.15) is 0 Å². The third-order valence-corrected chi connectivity index (χ3v) is 2.58. The Balaban J connectivity index is 2.04. The zero-order valence-corrected chi connectivity index (χ0v) is 9.73. The number of rotatable bonds is 3. The maximum absolute atomic E-state index is 11.6. The number of hydrogen-bond acceptors (Lipinski definition) is 6. The van der Waals surface area contributed by atoms with Gasteiger partial charge in [0.05, 0.1) is 5.97 Å². The van der Waals surface area contributed by atoms with Crippen LogP contribution in [0.25, 0.3) is 0 Å². The van der Waals surface area contributed by atoms with Crippen LogP contribution < -0.4 is 15.7 Å². The standard InChI is InChI=1S/C10H8N4O3S/c15-9(16)7-8(18-14-13-7)12-10(17)11-6-4-2-1-3-5-6/h1-5H,(H,15,16)(H2,11,12,17)/p-1. The van der Waals surface area contributed by atoms with Gasteiger partial charge in [0, 0.05) is 17.2 Å². The summed E-state index contributed by atoms with van der Waals surface area (Å²) < 4.78 is 3.43. The molecule has 0 saturated heterocycles. The average Bonchev–Trinajstić information content (AvgIpc) is 2.78. The van der Waals surface area contributed by atoms with Gasteiger partial charge in [-0.3, -0.25) is 5.32 Å². The van der Waals surface area contributed by atoms with Crippen LogP contribution in [0, 0.1) is 0 Å². The highest BCUT2D eigenvalue weighted by molar-refractivity contribution is 7.10. The van der Waals surface area contributed by atoms with Crippen LogP contribution in [0.15, 0.2) is 30.3 Å². The van der Waals surface area contributed by atoms with Crippen molar-refractivity contribution in [3.05, 3.63) is 36.0 Å². The number of aromatic nitrogens is 2. The predicted octanol–water partition coefficient (Wildman–Crippen LogP) is 0.546. The number of carboxylic acid groups (broad SMARTS) is 1. The van der Waals surface area contributed by atoms with E-state index in [0.29, 0.717) is 5.69 Å². The molecule has 0 aliphatic rings. The highest BCUT2D eigenvalue weighted by atomic mass is 32.1. The van der Waals surface area contributed by atoms with Crippen molar-refractivity contribution in [1.29, 1.82) is 0 Å². The molecule has 2 amide bonds. The van der Waals surface area contributed by atoms with Crippen LogP contribution in [-0.2, 0) is 0 Å². The first-order valence-corrected chi connectivity index (χ1v) is 5.61. The summed E-state index contributed by atoms with van der Waals surface area (Å²) in [5.41, 5.74) is 0.200. The van der Waals surface area contributed by atoms with Gasteiger partial charge in [-0.15, -0.1) is 5.10 Å². The Bertz CT molecular complexity index is 570. The number of carbonyl (C=O) groups is 2. The van der Waals surface area contributed by atoms with Gasteiger partial charge in [0.15, 0.2) is 0 Å². The lowest BCUT2D eigenvalue weighted by molar-refractivity contribution is -0.255. The van der Waals surface area contributed by atoms with E-state index in [-0.39, 0.29) is 10.7 Å². The minimum atomic E-state index is -1.49. The maximum atomic E-state index is 11.6. The van der Waals surface area contributed by atoms with Crippen molar-refractivity contribution < 1.29 is 14.7 Å². The van der Waals surface area contributed by atoms with Crippen LogP contribution in [0.4, 0.5) is 15.5 Å². The van der Waals surface area contributed by atoms with Crippen LogP contribution >= 0.6 is 11.5 Å². The van der Waals surface area contributed by atoms with E-state index in [1.54, 1.807) is 24.3 Å². The molecule has 0 spiro atoms. The van der Waals surface area contributed by atoms with Crippen molar-refractivity contribution in [2.24, 2.45) is 0 Å². The van der Waals surface area contributed by atoms with Crippen LogP contribution in [0.2, 0.25) is 0 Å². The Labute approximate surface area is 106 Å². The molecular weight excluding hydrogens is 256 g/mol. The molecule has 0 saturated carbocycles. The van der Waals surface area contributed by atoms with E-state index in [4.69, 9.17) is 0 Å². The van der Waals surface area contributed by atoms with E-state index in [0.717, 1.165) is 11.5 Å².